The first-order valence-electron chi connectivity index (χ1n) is 12.9. The lowest BCUT2D eigenvalue weighted by atomic mass is 10.00. The molecule has 3 aromatic carbocycles. The lowest BCUT2D eigenvalue weighted by Crippen LogP contribution is -2.36. The van der Waals surface area contributed by atoms with Crippen LogP contribution in [0.4, 0.5) is 5.69 Å². The minimum absolute atomic E-state index is 0.141. The zero-order valence-electron chi connectivity index (χ0n) is 20.7. The molecule has 0 aliphatic carbocycles. The van der Waals surface area contributed by atoms with Crippen molar-refractivity contribution in [3.8, 4) is 17.0 Å². The molecule has 1 N–H and O–H groups in total. The second-order valence-corrected chi connectivity index (χ2v) is 10.1. The molecule has 0 bridgehead atoms. The summed E-state index contributed by atoms with van der Waals surface area (Å²) < 4.78 is 6.21. The van der Waals surface area contributed by atoms with Crippen LogP contribution in [0.1, 0.15) is 30.4 Å². The van der Waals surface area contributed by atoms with Crippen molar-refractivity contribution in [2.24, 2.45) is 0 Å². The van der Waals surface area contributed by atoms with E-state index in [-0.39, 0.29) is 12.0 Å². The summed E-state index contributed by atoms with van der Waals surface area (Å²) in [5.41, 5.74) is 6.21. The Hall–Kier alpha value is -3.64. The van der Waals surface area contributed by atoms with Gasteiger partial charge in [0.05, 0.1) is 17.6 Å². The second-order valence-electron chi connectivity index (χ2n) is 10.1. The number of rotatable bonds is 5. The minimum atomic E-state index is 0.141. The predicted molar refractivity (Wildman–Crippen MR) is 143 cm³/mol. The van der Waals surface area contributed by atoms with Crippen molar-refractivity contribution in [2.75, 3.05) is 31.6 Å². The third kappa shape index (κ3) is 4.61. The average molecular weight is 481 g/mol. The van der Waals surface area contributed by atoms with E-state index >= 15 is 0 Å². The number of likely N-dealkylation sites (tertiary alicyclic amines) is 1. The molecule has 2 aliphatic rings. The zero-order chi connectivity index (χ0) is 24.5. The van der Waals surface area contributed by atoms with Crippen LogP contribution in [0.15, 0.2) is 66.7 Å². The average Bonchev–Trinajstić information content (AvgIpc) is 3.33. The number of aromatic nitrogens is 2. The first kappa shape index (κ1) is 22.8. The summed E-state index contributed by atoms with van der Waals surface area (Å²) >= 11 is 0. The maximum Gasteiger partial charge on any atom is 0.231 e. The van der Waals surface area contributed by atoms with Crippen LogP contribution in [0.2, 0.25) is 0 Å². The Bertz CT molecular complexity index is 1370. The lowest BCUT2D eigenvalue weighted by Gasteiger charge is -2.29. The van der Waals surface area contributed by atoms with E-state index in [1.54, 1.807) is 0 Å². The van der Waals surface area contributed by atoms with Crippen LogP contribution < -0.4 is 9.64 Å². The zero-order valence-corrected chi connectivity index (χ0v) is 20.7. The molecule has 6 nitrogen and oxygen atoms in total. The monoisotopic (exact) mass is 480 g/mol. The van der Waals surface area contributed by atoms with Crippen LogP contribution in [0.3, 0.4) is 0 Å². The highest BCUT2D eigenvalue weighted by Gasteiger charge is 2.23. The maximum absolute atomic E-state index is 13.3. The number of benzene rings is 3. The van der Waals surface area contributed by atoms with Gasteiger partial charge in [0, 0.05) is 36.3 Å². The smallest absolute Gasteiger partial charge is 0.231 e. The van der Waals surface area contributed by atoms with E-state index in [0.29, 0.717) is 6.42 Å². The summed E-state index contributed by atoms with van der Waals surface area (Å²) in [4.78, 5) is 17.6. The van der Waals surface area contributed by atoms with Gasteiger partial charge in [0.2, 0.25) is 5.91 Å². The molecular formula is C30H32N4O2. The number of H-pyrrole nitrogens is 1. The molecule has 184 valence electrons. The van der Waals surface area contributed by atoms with Gasteiger partial charge < -0.3 is 14.5 Å². The van der Waals surface area contributed by atoms with Crippen molar-refractivity contribution in [3.05, 3.63) is 77.9 Å². The Morgan fingerprint density at radius 1 is 1.03 bits per heavy atom. The summed E-state index contributed by atoms with van der Waals surface area (Å²) in [5.74, 6) is 1.04. The largest absolute Gasteiger partial charge is 0.490 e. The molecule has 0 saturated carbocycles. The van der Waals surface area contributed by atoms with Crippen molar-refractivity contribution < 1.29 is 9.53 Å². The Labute approximate surface area is 211 Å². The number of piperidine rings is 1. The van der Waals surface area contributed by atoms with Crippen LogP contribution in [0, 0.1) is 0 Å². The van der Waals surface area contributed by atoms with E-state index in [1.807, 2.05) is 35.2 Å². The number of aryl methyl sites for hydroxylation is 1. The molecule has 3 heterocycles. The van der Waals surface area contributed by atoms with E-state index in [4.69, 9.17) is 4.74 Å². The van der Waals surface area contributed by atoms with E-state index in [1.165, 1.54) is 5.56 Å². The number of nitrogens with zero attached hydrogens (tertiary/aromatic N) is 3. The highest BCUT2D eigenvalue weighted by molar-refractivity contribution is 5.98. The highest BCUT2D eigenvalue weighted by Crippen LogP contribution is 2.31. The highest BCUT2D eigenvalue weighted by atomic mass is 16.5. The fraction of sp³-hybridized carbons (Fsp3) is 0.333. The normalized spacial score (nSPS) is 16.8. The molecule has 0 radical (unpaired) electrons. The van der Waals surface area contributed by atoms with E-state index in [0.717, 1.165) is 84.5 Å². The van der Waals surface area contributed by atoms with Crippen molar-refractivity contribution in [1.29, 1.82) is 0 Å². The number of nitrogens with one attached hydrogen (secondary N) is 1. The number of carbonyl (C=O) groups is 1. The van der Waals surface area contributed by atoms with Crippen molar-refractivity contribution >= 4 is 22.5 Å². The Morgan fingerprint density at radius 3 is 2.67 bits per heavy atom. The molecule has 1 aromatic heterocycles. The molecule has 4 aromatic rings. The third-order valence-corrected chi connectivity index (χ3v) is 7.49. The Morgan fingerprint density at radius 2 is 1.83 bits per heavy atom. The standard InChI is InChI=1S/C30H32N4O2/c1-33-17-14-25(15-18-33)36-24-11-9-23(10-12-24)30-26-19-21(8-13-27(26)31-32-30)20-29(35)34-16-4-6-22-5-2-3-7-28(22)34/h2-3,5,7-13,19,25H,4,6,14-18,20H2,1H3,(H,31,32). The summed E-state index contributed by atoms with van der Waals surface area (Å²) in [6, 6.07) is 22.6. The first-order valence-corrected chi connectivity index (χ1v) is 12.9. The fourth-order valence-electron chi connectivity index (χ4n) is 5.44. The number of fused-ring (bicyclic) bond motifs is 2. The van der Waals surface area contributed by atoms with Gasteiger partial charge in [-0.2, -0.15) is 5.10 Å². The van der Waals surface area contributed by atoms with Gasteiger partial charge >= 0.3 is 0 Å². The van der Waals surface area contributed by atoms with Gasteiger partial charge in [-0.1, -0.05) is 24.3 Å². The van der Waals surface area contributed by atoms with Gasteiger partial charge in [-0.3, -0.25) is 9.89 Å². The Balaban J connectivity index is 1.19. The summed E-state index contributed by atoms with van der Waals surface area (Å²) in [5, 5.41) is 8.77. The minimum Gasteiger partial charge on any atom is -0.490 e. The van der Waals surface area contributed by atoms with Crippen LogP contribution >= 0.6 is 0 Å². The van der Waals surface area contributed by atoms with Crippen LogP contribution in [0.25, 0.3) is 22.2 Å². The first-order chi connectivity index (χ1) is 17.6. The van der Waals surface area contributed by atoms with Crippen LogP contribution in [-0.4, -0.2) is 53.8 Å². The van der Waals surface area contributed by atoms with Gasteiger partial charge in [-0.25, -0.2) is 0 Å². The van der Waals surface area contributed by atoms with Gasteiger partial charge in [-0.15, -0.1) is 0 Å². The number of anilines is 1. The number of amides is 1. The SMILES string of the molecule is CN1CCC(Oc2ccc(-c3n[nH]c4ccc(CC(=O)N5CCCc6ccccc65)cc34)cc2)CC1. The van der Waals surface area contributed by atoms with Crippen molar-refractivity contribution in [3.63, 3.8) is 0 Å². The summed E-state index contributed by atoms with van der Waals surface area (Å²) in [6.45, 7) is 2.94. The number of hydrogen-bond donors (Lipinski definition) is 1. The number of aromatic amines is 1. The summed E-state index contributed by atoms with van der Waals surface area (Å²) in [6.07, 6.45) is 4.82. The molecule has 1 amide bonds. The number of para-hydroxylation sites is 1. The Kier molecular flexibility index (Phi) is 6.20. The second kappa shape index (κ2) is 9.78. The van der Waals surface area contributed by atoms with Gasteiger partial charge in [-0.05, 0) is 86.3 Å². The van der Waals surface area contributed by atoms with Crippen molar-refractivity contribution in [1.82, 2.24) is 15.1 Å². The van der Waals surface area contributed by atoms with Crippen molar-refractivity contribution in [2.45, 2.75) is 38.2 Å². The summed E-state index contributed by atoms with van der Waals surface area (Å²) in [7, 11) is 2.16. The molecular weight excluding hydrogens is 448 g/mol. The van der Waals surface area contributed by atoms with E-state index in [2.05, 4.69) is 58.5 Å². The number of hydrogen-bond acceptors (Lipinski definition) is 4. The molecule has 0 unspecified atom stereocenters. The topological polar surface area (TPSA) is 61.5 Å². The third-order valence-electron chi connectivity index (χ3n) is 7.49. The van der Waals surface area contributed by atoms with Gasteiger partial charge in [0.1, 0.15) is 11.9 Å². The fourth-order valence-corrected chi connectivity index (χ4v) is 5.44. The molecule has 6 heteroatoms. The molecule has 0 atom stereocenters. The quantitative estimate of drug-likeness (QED) is 0.425. The van der Waals surface area contributed by atoms with Crippen LogP contribution in [0.5, 0.6) is 5.75 Å². The van der Waals surface area contributed by atoms with E-state index < -0.39 is 0 Å². The van der Waals surface area contributed by atoms with Gasteiger partial charge in [0.15, 0.2) is 0 Å². The van der Waals surface area contributed by atoms with Gasteiger partial charge in [0.25, 0.3) is 0 Å². The predicted octanol–water partition coefficient (Wildman–Crippen LogP) is 5.22. The molecule has 0 spiro atoms. The van der Waals surface area contributed by atoms with E-state index in [9.17, 15) is 4.79 Å². The molecule has 2 aliphatic heterocycles. The number of ether oxygens (including phenoxy) is 1. The molecule has 36 heavy (non-hydrogen) atoms. The molecule has 1 saturated heterocycles. The molecule has 1 fully saturated rings. The lowest BCUT2D eigenvalue weighted by molar-refractivity contribution is -0.118. The molecule has 6 rings (SSSR count). The van der Waals surface area contributed by atoms with Crippen LogP contribution in [-0.2, 0) is 17.6 Å². The maximum atomic E-state index is 13.3. The number of carbonyl (C=O) groups excluding carboxylic acids is 1.